The summed E-state index contributed by atoms with van der Waals surface area (Å²) >= 11 is 5.06. The van der Waals surface area contributed by atoms with Gasteiger partial charge in [-0.25, -0.2) is 0 Å². The highest BCUT2D eigenvalue weighted by atomic mass is 35.5. The van der Waals surface area contributed by atoms with Gasteiger partial charge in [0.25, 0.3) is 0 Å². The van der Waals surface area contributed by atoms with E-state index < -0.39 is 23.1 Å². The highest BCUT2D eigenvalue weighted by Gasteiger charge is 2.22. The molecule has 0 saturated carbocycles. The summed E-state index contributed by atoms with van der Waals surface area (Å²) in [5.41, 5.74) is 7.07. The molecule has 0 aliphatic carbocycles. The molecule has 2 aromatic heterocycles. The second-order valence-electron chi connectivity index (χ2n) is 22.9. The number of nitrogens with one attached hydrogen (secondary N) is 2. The van der Waals surface area contributed by atoms with Crippen LogP contribution in [-0.2, 0) is 70.1 Å². The van der Waals surface area contributed by atoms with E-state index in [9.17, 15) is 33.9 Å². The number of nitrogens with two attached hydrogens (primary N) is 1. The Bertz CT molecular complexity index is 2160. The largest absolute Gasteiger partial charge is 0.481 e. The lowest BCUT2D eigenvalue weighted by atomic mass is 10.2. The molecule has 524 valence electrons. The van der Waals surface area contributed by atoms with Gasteiger partial charge >= 0.3 is 42.0 Å². The number of nitrogens with zero attached hydrogens (tertiary/aromatic N) is 9. The molecule has 0 spiro atoms. The van der Waals surface area contributed by atoms with Gasteiger partial charge in [-0.15, -0.1) is 11.6 Å². The summed E-state index contributed by atoms with van der Waals surface area (Å²) in [5.74, 6) is -2.72. The van der Waals surface area contributed by atoms with Gasteiger partial charge in [-0.2, -0.15) is 9.59 Å². The summed E-state index contributed by atoms with van der Waals surface area (Å²) in [7, 11) is 0. The standard InChI is InChI=1S/C21H42N4O4.C20H38N4O6.C16H22N4.C4H7ClO2.CO2.2CH4/c1-20(2,3)28-18(26)7-12-24-13-8-22-10-15-25(16-11-23-9-14-24)17-19(27)29-21(4,5)6;1-3-6-21-8-9-22(7-5-18(25)26)11-13-24(17-20(29)30-4-2)15-14-23(12-10-21)16-19(27)28;17-9-14-20(12-7-15-5-1-3-10-18-15)13-8-16-6-2-4-11-19-16;1-2-7-4(6)3-5;2-1-3;;/h22-23H,7-17H2,1-6H3;3-17H2,1-2H3,(H,25,26)(H,27,28);1-6,10-11H,7-9,12-14,17H2;2-3H2,1H3;;2*1H4. The van der Waals surface area contributed by atoms with Crippen LogP contribution in [0.25, 0.3) is 0 Å². The lowest BCUT2D eigenvalue weighted by Gasteiger charge is -2.33. The number of halogens is 1. The first-order valence-corrected chi connectivity index (χ1v) is 31.6. The van der Waals surface area contributed by atoms with Crippen molar-refractivity contribution in [2.45, 2.75) is 120 Å². The van der Waals surface area contributed by atoms with Crippen LogP contribution in [0, 0.1) is 0 Å². The zero-order valence-corrected chi connectivity index (χ0v) is 55.7. The van der Waals surface area contributed by atoms with Crippen molar-refractivity contribution >= 4 is 53.6 Å². The molecule has 0 amide bonds. The highest BCUT2D eigenvalue weighted by molar-refractivity contribution is 6.26. The van der Waals surface area contributed by atoms with E-state index in [2.05, 4.69) is 68.9 Å². The third-order valence-electron chi connectivity index (χ3n) is 13.1. The van der Waals surface area contributed by atoms with Crippen molar-refractivity contribution in [3.8, 4) is 0 Å². The van der Waals surface area contributed by atoms with Gasteiger partial charge in [0.2, 0.25) is 0 Å². The van der Waals surface area contributed by atoms with Crippen molar-refractivity contribution in [3.63, 3.8) is 0 Å². The van der Waals surface area contributed by atoms with Crippen LogP contribution in [0.4, 0.5) is 0 Å². The van der Waals surface area contributed by atoms with Crippen molar-refractivity contribution < 1.29 is 67.5 Å². The third kappa shape index (κ3) is 54.6. The van der Waals surface area contributed by atoms with Crippen LogP contribution in [0.15, 0.2) is 48.8 Å². The Kier molecular flexibility index (Phi) is 55.1. The van der Waals surface area contributed by atoms with Gasteiger partial charge in [-0.1, -0.05) is 33.9 Å². The number of carboxylic acid groups (broad SMARTS) is 2. The Morgan fingerprint density at radius 3 is 1.32 bits per heavy atom. The summed E-state index contributed by atoms with van der Waals surface area (Å²) in [4.78, 5) is 108. The molecule has 4 heterocycles. The minimum atomic E-state index is -0.860. The van der Waals surface area contributed by atoms with Crippen LogP contribution in [0.5, 0.6) is 0 Å². The third-order valence-corrected chi connectivity index (χ3v) is 13.3. The van der Waals surface area contributed by atoms with Crippen LogP contribution in [0.3, 0.4) is 0 Å². The van der Waals surface area contributed by atoms with E-state index in [1.807, 2.05) is 88.0 Å². The van der Waals surface area contributed by atoms with Crippen LogP contribution in [0.2, 0.25) is 0 Å². The van der Waals surface area contributed by atoms with Crippen molar-refractivity contribution in [2.75, 3.05) is 189 Å². The second kappa shape index (κ2) is 56.0. The first-order chi connectivity index (χ1) is 42.4. The highest BCUT2D eigenvalue weighted by Crippen LogP contribution is 2.10. The minimum Gasteiger partial charge on any atom is -0.481 e. The molecule has 4 rings (SSSR count). The molecule has 0 bridgehead atoms. The molecule has 0 radical (unpaired) electrons. The molecule has 6 N–H and O–H groups in total. The quantitative estimate of drug-likeness (QED) is 0.0539. The van der Waals surface area contributed by atoms with Crippen LogP contribution < -0.4 is 16.4 Å². The van der Waals surface area contributed by atoms with Crippen LogP contribution in [-0.4, -0.2) is 297 Å². The van der Waals surface area contributed by atoms with Gasteiger partial charge in [0.15, 0.2) is 0 Å². The van der Waals surface area contributed by atoms with Gasteiger partial charge in [0, 0.05) is 181 Å². The molecule has 0 unspecified atom stereocenters. The van der Waals surface area contributed by atoms with E-state index in [1.54, 1.807) is 13.8 Å². The molecule has 91 heavy (non-hydrogen) atoms. The van der Waals surface area contributed by atoms with Gasteiger partial charge in [-0.05, 0) is 92.6 Å². The summed E-state index contributed by atoms with van der Waals surface area (Å²) in [5, 5.41) is 25.2. The number of pyridine rings is 2. The number of aromatic nitrogens is 2. The van der Waals surface area contributed by atoms with E-state index in [-0.39, 0.29) is 70.3 Å². The number of hydrogen-bond donors (Lipinski definition) is 5. The SMILES string of the molecule is C.C.CC(C)(C)OC(=O)CCN1CCNCCN(CC(=O)OC(C)(C)C)CCNCC1.CCCN1CCN(CCC(=O)O)CCN(CC(=O)OCC)CCN(CC(=O)O)CC1.CCOC(=O)CCl.NCCN(CCc1ccccn1)CCc1ccccn1.O=C=O. The average molecular weight is 1310 g/mol. The lowest BCUT2D eigenvalue weighted by Crippen LogP contribution is -2.48. The Balaban J connectivity index is -0.00000119. The minimum absolute atomic E-state index is 0. The van der Waals surface area contributed by atoms with E-state index >= 15 is 0 Å². The Morgan fingerprint density at radius 2 is 0.934 bits per heavy atom. The second-order valence-corrected chi connectivity index (χ2v) is 23.2. The number of carboxylic acids is 2. The van der Waals surface area contributed by atoms with Crippen molar-refractivity contribution in [1.82, 2.24) is 54.9 Å². The van der Waals surface area contributed by atoms with Gasteiger partial charge < -0.3 is 65.1 Å². The Labute approximate surface area is 549 Å². The maximum Gasteiger partial charge on any atom is 0.373 e. The molecule has 2 aliphatic rings. The zero-order valence-electron chi connectivity index (χ0n) is 54.9. The van der Waals surface area contributed by atoms with Crippen LogP contribution >= 0.6 is 11.6 Å². The summed E-state index contributed by atoms with van der Waals surface area (Å²) in [6.45, 7) is 35.6. The average Bonchev–Trinajstić information content (AvgIpc) is 3.68. The molecule has 2 fully saturated rings. The van der Waals surface area contributed by atoms with Crippen molar-refractivity contribution in [1.29, 1.82) is 0 Å². The number of carbonyl (C=O) groups excluding carboxylic acids is 6. The molecule has 2 aromatic rings. The Hall–Kier alpha value is -5.61. The molecule has 0 atom stereocenters. The monoisotopic (exact) mass is 1310 g/mol. The first kappa shape index (κ1) is 89.6. The smallest absolute Gasteiger partial charge is 0.373 e. The molecule has 0 aromatic carbocycles. The van der Waals surface area contributed by atoms with Gasteiger partial charge in [0.05, 0.1) is 45.7 Å². The fourth-order valence-electron chi connectivity index (χ4n) is 8.85. The number of aliphatic carboxylic acids is 2. The van der Waals surface area contributed by atoms with E-state index in [4.69, 9.17) is 46.2 Å². The number of esters is 4. The molecule has 2 saturated heterocycles. The van der Waals surface area contributed by atoms with E-state index in [0.717, 1.165) is 129 Å². The maximum atomic E-state index is 12.1. The zero-order chi connectivity index (χ0) is 66.7. The molecule has 27 heteroatoms. The number of carbonyl (C=O) groups is 6. The number of rotatable bonds is 25. The van der Waals surface area contributed by atoms with Crippen LogP contribution in [0.1, 0.15) is 108 Å². The fourth-order valence-corrected chi connectivity index (χ4v) is 8.93. The number of ether oxygens (including phenoxy) is 4. The molecule has 26 nitrogen and oxygen atoms in total. The van der Waals surface area contributed by atoms with Gasteiger partial charge in [0.1, 0.15) is 17.1 Å². The predicted octanol–water partition coefficient (Wildman–Crippen LogP) is 3.60. The number of alkyl halides is 1. The molecular weight excluding hydrogens is 1200 g/mol. The molecule has 2 aliphatic heterocycles. The summed E-state index contributed by atoms with van der Waals surface area (Å²) in [6, 6.07) is 12.1. The topological polar surface area (TPSA) is 312 Å². The lowest BCUT2D eigenvalue weighted by molar-refractivity contribution is -0.192. The van der Waals surface area contributed by atoms with E-state index in [0.29, 0.717) is 78.5 Å². The van der Waals surface area contributed by atoms with Crippen molar-refractivity contribution in [2.24, 2.45) is 5.73 Å². The summed E-state index contributed by atoms with van der Waals surface area (Å²) < 4.78 is 20.3. The normalized spacial score (nSPS) is 15.5. The summed E-state index contributed by atoms with van der Waals surface area (Å²) in [6.07, 6.45) is 7.35. The van der Waals surface area contributed by atoms with Gasteiger partial charge in [-0.3, -0.25) is 53.4 Å². The van der Waals surface area contributed by atoms with E-state index in [1.165, 1.54) is 0 Å². The van der Waals surface area contributed by atoms with Crippen molar-refractivity contribution in [3.05, 3.63) is 60.2 Å². The Morgan fingerprint density at radius 1 is 0.549 bits per heavy atom. The maximum absolute atomic E-state index is 12.1. The molecular formula is C64H117ClN12O14. The first-order valence-electron chi connectivity index (χ1n) is 31.1. The number of hydrogen-bond acceptors (Lipinski definition) is 24. The predicted molar refractivity (Wildman–Crippen MR) is 355 cm³/mol. The fraction of sp³-hybridized carbons (Fsp3) is 0.734.